The Morgan fingerprint density at radius 1 is 0.917 bits per heavy atom. The third-order valence-corrected chi connectivity index (χ3v) is 4.64. The molecule has 0 saturated heterocycles. The topological polar surface area (TPSA) is 50.8 Å². The number of halogens is 4. The molecule has 0 bridgehead atoms. The SMILES string of the molecule is COc1ccc(CSc2c(F)c(F)c(SOO[O-])c(F)c2F)cc1. The highest BCUT2D eigenvalue weighted by Crippen LogP contribution is 2.37. The summed E-state index contributed by atoms with van der Waals surface area (Å²) in [6, 6.07) is 6.59. The first-order valence-electron chi connectivity index (χ1n) is 6.24. The van der Waals surface area contributed by atoms with Gasteiger partial charge in [0.1, 0.15) is 10.6 Å². The van der Waals surface area contributed by atoms with Gasteiger partial charge in [0.15, 0.2) is 23.3 Å². The van der Waals surface area contributed by atoms with Gasteiger partial charge in [-0.2, -0.15) is 4.33 Å². The van der Waals surface area contributed by atoms with E-state index in [1.54, 1.807) is 24.3 Å². The zero-order valence-corrected chi connectivity index (χ0v) is 13.6. The van der Waals surface area contributed by atoms with Crippen molar-refractivity contribution in [3.8, 4) is 5.75 Å². The standard InChI is InChI=1S/C14H10F4O4S2/c1-20-8-4-2-7(3-5-8)6-23-13-9(15)11(17)14(24-22-21-19)12(18)10(13)16/h2-5,19H,6H2,1H3/p-1. The molecule has 2 aromatic rings. The van der Waals surface area contributed by atoms with E-state index >= 15 is 0 Å². The van der Waals surface area contributed by atoms with Crippen LogP contribution in [0.1, 0.15) is 5.56 Å². The summed E-state index contributed by atoms with van der Waals surface area (Å²) in [5.41, 5.74) is 0.668. The molecule has 0 unspecified atom stereocenters. The highest BCUT2D eigenvalue weighted by atomic mass is 32.2. The molecule has 0 atom stereocenters. The van der Waals surface area contributed by atoms with E-state index in [2.05, 4.69) is 9.37 Å². The summed E-state index contributed by atoms with van der Waals surface area (Å²) >= 11 is 0.329. The molecule has 0 radical (unpaired) electrons. The second-order valence-electron chi connectivity index (χ2n) is 4.27. The first-order valence-corrected chi connectivity index (χ1v) is 7.97. The molecular formula is C14H9F4O4S2-. The first-order chi connectivity index (χ1) is 11.5. The van der Waals surface area contributed by atoms with E-state index in [0.29, 0.717) is 23.1 Å². The minimum Gasteiger partial charge on any atom is -0.691 e. The lowest BCUT2D eigenvalue weighted by molar-refractivity contribution is -0.777. The van der Waals surface area contributed by atoms with E-state index in [1.807, 2.05) is 0 Å². The van der Waals surface area contributed by atoms with Gasteiger partial charge in [0, 0.05) is 5.75 Å². The van der Waals surface area contributed by atoms with Crippen LogP contribution < -0.4 is 9.99 Å². The van der Waals surface area contributed by atoms with Gasteiger partial charge in [-0.3, -0.25) is 5.04 Å². The normalized spacial score (nSPS) is 10.9. The van der Waals surface area contributed by atoms with Gasteiger partial charge in [0.05, 0.1) is 24.0 Å². The predicted molar refractivity (Wildman–Crippen MR) is 76.9 cm³/mol. The molecule has 130 valence electrons. The monoisotopic (exact) mass is 381 g/mol. The second-order valence-corrected chi connectivity index (χ2v) is 5.97. The van der Waals surface area contributed by atoms with E-state index in [-0.39, 0.29) is 17.8 Å². The van der Waals surface area contributed by atoms with Crippen molar-refractivity contribution in [2.24, 2.45) is 0 Å². The molecule has 0 aromatic heterocycles. The Morgan fingerprint density at radius 3 is 1.96 bits per heavy atom. The van der Waals surface area contributed by atoms with Crippen molar-refractivity contribution < 1.29 is 36.9 Å². The average Bonchev–Trinajstić information content (AvgIpc) is 2.60. The number of hydrogen-bond donors (Lipinski definition) is 0. The van der Waals surface area contributed by atoms with E-state index in [4.69, 9.17) is 4.74 Å². The fourth-order valence-corrected chi connectivity index (χ4v) is 3.07. The van der Waals surface area contributed by atoms with Crippen LogP contribution in [0.25, 0.3) is 0 Å². The molecule has 0 saturated carbocycles. The molecule has 0 aliphatic rings. The smallest absolute Gasteiger partial charge is 0.179 e. The Balaban J connectivity index is 2.23. The lowest BCUT2D eigenvalue weighted by Crippen LogP contribution is -2.05. The van der Waals surface area contributed by atoms with Crippen LogP contribution in [-0.4, -0.2) is 7.11 Å². The van der Waals surface area contributed by atoms with Gasteiger partial charge in [-0.1, -0.05) is 12.1 Å². The van der Waals surface area contributed by atoms with Crippen LogP contribution in [0, 0.1) is 23.3 Å². The van der Waals surface area contributed by atoms with Crippen LogP contribution in [0.15, 0.2) is 34.1 Å². The molecule has 2 aromatic carbocycles. The van der Waals surface area contributed by atoms with Crippen LogP contribution >= 0.6 is 23.8 Å². The molecule has 0 aliphatic carbocycles. The summed E-state index contributed by atoms with van der Waals surface area (Å²) in [5, 5.41) is 12.6. The molecular weight excluding hydrogens is 372 g/mol. The summed E-state index contributed by atoms with van der Waals surface area (Å²) in [5.74, 6) is -5.83. The van der Waals surface area contributed by atoms with Gasteiger partial charge < -0.3 is 9.99 Å². The van der Waals surface area contributed by atoms with E-state index in [1.165, 1.54) is 7.11 Å². The Hall–Kier alpha value is -1.46. The van der Waals surface area contributed by atoms with Crippen molar-refractivity contribution in [1.82, 2.24) is 0 Å². The van der Waals surface area contributed by atoms with Crippen molar-refractivity contribution in [2.75, 3.05) is 7.11 Å². The van der Waals surface area contributed by atoms with Gasteiger partial charge in [-0.05, 0) is 17.7 Å². The maximum Gasteiger partial charge on any atom is 0.179 e. The minimum atomic E-state index is -1.67. The molecule has 4 nitrogen and oxygen atoms in total. The molecule has 0 aliphatic heterocycles. The highest BCUT2D eigenvalue weighted by Gasteiger charge is 2.26. The van der Waals surface area contributed by atoms with Crippen molar-refractivity contribution >= 4 is 23.8 Å². The maximum atomic E-state index is 13.9. The van der Waals surface area contributed by atoms with Gasteiger partial charge in [0.2, 0.25) is 0 Å². The largest absolute Gasteiger partial charge is 0.691 e. The van der Waals surface area contributed by atoms with Crippen LogP contribution in [0.2, 0.25) is 0 Å². The number of benzene rings is 2. The van der Waals surface area contributed by atoms with Crippen molar-refractivity contribution in [1.29, 1.82) is 0 Å². The average molecular weight is 381 g/mol. The summed E-state index contributed by atoms with van der Waals surface area (Å²) in [7, 11) is 1.49. The third kappa shape index (κ3) is 4.14. The molecule has 0 N–H and O–H groups in total. The molecule has 0 fully saturated rings. The van der Waals surface area contributed by atoms with Crippen molar-refractivity contribution in [3.63, 3.8) is 0 Å². The van der Waals surface area contributed by atoms with Gasteiger partial charge in [0.25, 0.3) is 0 Å². The fourth-order valence-electron chi connectivity index (χ4n) is 1.72. The maximum absolute atomic E-state index is 13.9. The number of ether oxygens (including phenoxy) is 1. The van der Waals surface area contributed by atoms with E-state index in [9.17, 15) is 22.8 Å². The molecule has 2 rings (SSSR count). The molecule has 0 spiro atoms. The van der Waals surface area contributed by atoms with Crippen molar-refractivity contribution in [2.45, 2.75) is 15.5 Å². The number of hydrogen-bond acceptors (Lipinski definition) is 6. The number of methoxy groups -OCH3 is 1. The van der Waals surface area contributed by atoms with Gasteiger partial charge >= 0.3 is 0 Å². The van der Waals surface area contributed by atoms with E-state index in [0.717, 1.165) is 0 Å². The van der Waals surface area contributed by atoms with Crippen LogP contribution in [0.5, 0.6) is 5.75 Å². The fraction of sp³-hybridized carbons (Fsp3) is 0.143. The number of thioether (sulfide) groups is 1. The van der Waals surface area contributed by atoms with Gasteiger partial charge in [-0.15, -0.1) is 11.8 Å². The Labute approximate surface area is 142 Å². The third-order valence-electron chi connectivity index (χ3n) is 2.87. The Morgan fingerprint density at radius 2 is 1.46 bits per heavy atom. The lowest BCUT2D eigenvalue weighted by Gasteiger charge is -2.11. The zero-order chi connectivity index (χ0) is 17.7. The molecule has 24 heavy (non-hydrogen) atoms. The molecule has 0 amide bonds. The lowest BCUT2D eigenvalue weighted by atomic mass is 10.2. The predicted octanol–water partition coefficient (Wildman–Crippen LogP) is 3.77. The Kier molecular flexibility index (Phi) is 6.75. The van der Waals surface area contributed by atoms with Crippen molar-refractivity contribution in [3.05, 3.63) is 53.1 Å². The summed E-state index contributed by atoms with van der Waals surface area (Å²) < 4.78 is 64.1. The second kappa shape index (κ2) is 8.58. The number of rotatable bonds is 7. The first kappa shape index (κ1) is 18.9. The zero-order valence-electron chi connectivity index (χ0n) is 12.0. The van der Waals surface area contributed by atoms with Crippen LogP contribution in [-0.2, 0) is 15.1 Å². The molecule has 0 heterocycles. The summed E-state index contributed by atoms with van der Waals surface area (Å²) in [6.07, 6.45) is 0. The van der Waals surface area contributed by atoms with Crippen LogP contribution in [0.3, 0.4) is 0 Å². The van der Waals surface area contributed by atoms with Crippen LogP contribution in [0.4, 0.5) is 17.6 Å². The van der Waals surface area contributed by atoms with Gasteiger partial charge in [-0.25, -0.2) is 17.6 Å². The Bertz CT molecular complexity index is 684. The highest BCUT2D eigenvalue weighted by molar-refractivity contribution is 7.98. The molecule has 10 heteroatoms. The van der Waals surface area contributed by atoms with E-state index < -0.39 is 33.1 Å². The minimum absolute atomic E-state index is 0.0728. The quantitative estimate of drug-likeness (QED) is 0.182. The summed E-state index contributed by atoms with van der Waals surface area (Å²) in [6.45, 7) is 0. The summed E-state index contributed by atoms with van der Waals surface area (Å²) in [4.78, 5) is -1.96.